The number of rotatable bonds is 8. The summed E-state index contributed by atoms with van der Waals surface area (Å²) < 4.78 is 16.2. The predicted octanol–water partition coefficient (Wildman–Crippen LogP) is 2.29. The number of hydrogen-bond donors (Lipinski definition) is 1. The molecule has 0 aliphatic carbocycles. The Hall–Kier alpha value is -3.66. The van der Waals surface area contributed by atoms with E-state index in [-0.39, 0.29) is 23.9 Å². The van der Waals surface area contributed by atoms with Crippen LogP contribution in [0.15, 0.2) is 47.6 Å². The van der Waals surface area contributed by atoms with Gasteiger partial charge in [-0.2, -0.15) is 5.10 Å². The van der Waals surface area contributed by atoms with Gasteiger partial charge in [0.1, 0.15) is 5.69 Å². The second-order valence-electron chi connectivity index (χ2n) is 6.34. The number of methoxy groups -OCH3 is 1. The minimum Gasteiger partial charge on any atom is -0.493 e. The molecule has 0 unspecified atom stereocenters. The number of amides is 1. The molecule has 2 aromatic carbocycles. The van der Waals surface area contributed by atoms with Crippen LogP contribution in [-0.2, 0) is 9.53 Å². The van der Waals surface area contributed by atoms with Crippen molar-refractivity contribution in [1.29, 1.82) is 0 Å². The molecule has 1 N–H and O–H groups in total. The third-order valence-electron chi connectivity index (χ3n) is 4.40. The Bertz CT molecular complexity index is 927. The van der Waals surface area contributed by atoms with E-state index in [9.17, 15) is 14.9 Å². The monoisotopic (exact) mass is 414 g/mol. The number of nitro benzene ring substituents is 1. The summed E-state index contributed by atoms with van der Waals surface area (Å²) in [4.78, 5) is 24.5. The topological polar surface area (TPSA) is 116 Å². The Labute approximate surface area is 173 Å². The molecular weight excluding hydrogens is 392 g/mol. The Morgan fingerprint density at radius 3 is 2.77 bits per heavy atom. The van der Waals surface area contributed by atoms with Crippen molar-refractivity contribution in [1.82, 2.24) is 4.90 Å². The molecule has 0 saturated carbocycles. The van der Waals surface area contributed by atoms with Gasteiger partial charge in [0, 0.05) is 19.2 Å². The smallest absolute Gasteiger partial charge is 0.294 e. The molecule has 1 aliphatic rings. The Morgan fingerprint density at radius 1 is 1.27 bits per heavy atom. The highest BCUT2D eigenvalue weighted by molar-refractivity contribution is 5.82. The van der Waals surface area contributed by atoms with Crippen LogP contribution in [0.1, 0.15) is 5.56 Å². The fourth-order valence-corrected chi connectivity index (χ4v) is 2.83. The number of anilines is 1. The van der Waals surface area contributed by atoms with Crippen LogP contribution in [0.5, 0.6) is 11.5 Å². The first-order valence-electron chi connectivity index (χ1n) is 9.27. The number of nitrogens with zero attached hydrogens (tertiary/aromatic N) is 3. The highest BCUT2D eigenvalue weighted by Gasteiger charge is 2.18. The lowest BCUT2D eigenvalue weighted by Crippen LogP contribution is -2.43. The molecule has 2 aromatic rings. The van der Waals surface area contributed by atoms with Gasteiger partial charge in [-0.3, -0.25) is 20.3 Å². The molecule has 1 fully saturated rings. The number of ether oxygens (including phenoxy) is 3. The maximum absolute atomic E-state index is 12.2. The molecule has 0 spiro atoms. The summed E-state index contributed by atoms with van der Waals surface area (Å²) in [5.74, 6) is 0.766. The largest absolute Gasteiger partial charge is 0.493 e. The Kier molecular flexibility index (Phi) is 7.17. The first-order chi connectivity index (χ1) is 14.6. The van der Waals surface area contributed by atoms with Crippen LogP contribution in [-0.4, -0.2) is 62.0 Å². The standard InChI is InChI=1S/C20H22N4O6/c1-28-19-12-15(13-21-22-16-4-2-3-5-17(16)24(26)27)6-7-18(19)30-14-20(25)23-8-10-29-11-9-23/h2-7,12-13,22H,8-11,14H2,1H3/b21-13+. The Balaban J connectivity index is 1.61. The summed E-state index contributed by atoms with van der Waals surface area (Å²) in [7, 11) is 1.50. The maximum atomic E-state index is 12.2. The normalized spacial score (nSPS) is 13.8. The molecule has 0 aromatic heterocycles. The summed E-state index contributed by atoms with van der Waals surface area (Å²) >= 11 is 0. The van der Waals surface area contributed by atoms with Crippen molar-refractivity contribution in [2.75, 3.05) is 45.4 Å². The van der Waals surface area contributed by atoms with Crippen molar-refractivity contribution < 1.29 is 23.9 Å². The van der Waals surface area contributed by atoms with Crippen molar-refractivity contribution in [3.05, 3.63) is 58.1 Å². The van der Waals surface area contributed by atoms with Gasteiger partial charge in [0.15, 0.2) is 18.1 Å². The molecule has 0 bridgehead atoms. The zero-order chi connectivity index (χ0) is 21.3. The molecule has 1 amide bonds. The lowest BCUT2D eigenvalue weighted by atomic mass is 10.2. The van der Waals surface area contributed by atoms with E-state index in [1.54, 1.807) is 41.3 Å². The highest BCUT2D eigenvalue weighted by atomic mass is 16.6. The van der Waals surface area contributed by atoms with E-state index in [2.05, 4.69) is 10.5 Å². The molecule has 1 aliphatic heterocycles. The van der Waals surface area contributed by atoms with Crippen LogP contribution >= 0.6 is 0 Å². The average molecular weight is 414 g/mol. The number of para-hydroxylation sites is 2. The lowest BCUT2D eigenvalue weighted by molar-refractivity contribution is -0.384. The van der Waals surface area contributed by atoms with Gasteiger partial charge in [0.2, 0.25) is 0 Å². The van der Waals surface area contributed by atoms with Crippen LogP contribution < -0.4 is 14.9 Å². The van der Waals surface area contributed by atoms with Crippen molar-refractivity contribution in [2.24, 2.45) is 5.10 Å². The van der Waals surface area contributed by atoms with E-state index in [4.69, 9.17) is 14.2 Å². The number of nitro groups is 1. The first kappa shape index (κ1) is 21.1. The second-order valence-corrected chi connectivity index (χ2v) is 6.34. The van der Waals surface area contributed by atoms with Gasteiger partial charge in [-0.1, -0.05) is 12.1 Å². The van der Waals surface area contributed by atoms with E-state index in [0.717, 1.165) is 0 Å². The summed E-state index contributed by atoms with van der Waals surface area (Å²) in [6.07, 6.45) is 1.50. The van der Waals surface area contributed by atoms with Gasteiger partial charge in [-0.05, 0) is 29.8 Å². The van der Waals surface area contributed by atoms with Crippen LogP contribution in [0, 0.1) is 10.1 Å². The third kappa shape index (κ3) is 5.45. The van der Waals surface area contributed by atoms with Crippen molar-refractivity contribution in [3.63, 3.8) is 0 Å². The first-order valence-corrected chi connectivity index (χ1v) is 9.27. The average Bonchev–Trinajstić information content (AvgIpc) is 2.78. The van der Waals surface area contributed by atoms with Gasteiger partial charge in [-0.15, -0.1) is 0 Å². The summed E-state index contributed by atoms with van der Waals surface area (Å²) in [5.41, 5.74) is 3.57. The summed E-state index contributed by atoms with van der Waals surface area (Å²) in [6, 6.07) is 11.3. The number of morpholine rings is 1. The van der Waals surface area contributed by atoms with Gasteiger partial charge < -0.3 is 19.1 Å². The molecule has 1 saturated heterocycles. The van der Waals surface area contributed by atoms with Crippen molar-refractivity contribution in [2.45, 2.75) is 0 Å². The lowest BCUT2D eigenvalue weighted by Gasteiger charge is -2.26. The van der Waals surface area contributed by atoms with Gasteiger partial charge in [0.05, 0.1) is 31.5 Å². The fourth-order valence-electron chi connectivity index (χ4n) is 2.83. The van der Waals surface area contributed by atoms with Crippen LogP contribution in [0.25, 0.3) is 0 Å². The van der Waals surface area contributed by atoms with E-state index in [1.807, 2.05) is 0 Å². The number of hydrogen-bond acceptors (Lipinski definition) is 8. The molecule has 1 heterocycles. The predicted molar refractivity (Wildman–Crippen MR) is 110 cm³/mol. The number of nitrogens with one attached hydrogen (secondary N) is 1. The number of carbonyl (C=O) groups excluding carboxylic acids is 1. The molecule has 10 nitrogen and oxygen atoms in total. The molecule has 3 rings (SSSR count). The van der Waals surface area contributed by atoms with E-state index in [1.165, 1.54) is 19.4 Å². The SMILES string of the molecule is COc1cc(/C=N/Nc2ccccc2[N+](=O)[O-])ccc1OCC(=O)N1CCOCC1. The molecule has 0 atom stereocenters. The van der Waals surface area contributed by atoms with Crippen molar-refractivity contribution in [3.8, 4) is 11.5 Å². The summed E-state index contributed by atoms with van der Waals surface area (Å²) in [5, 5.41) is 15.1. The van der Waals surface area contributed by atoms with Gasteiger partial charge in [0.25, 0.3) is 11.6 Å². The zero-order valence-electron chi connectivity index (χ0n) is 16.4. The Morgan fingerprint density at radius 2 is 2.03 bits per heavy atom. The third-order valence-corrected chi connectivity index (χ3v) is 4.40. The minimum atomic E-state index is -0.481. The van der Waals surface area contributed by atoms with Crippen molar-refractivity contribution >= 4 is 23.5 Å². The van der Waals surface area contributed by atoms with Gasteiger partial charge >= 0.3 is 0 Å². The van der Waals surface area contributed by atoms with E-state index >= 15 is 0 Å². The number of carbonyl (C=O) groups is 1. The van der Waals surface area contributed by atoms with Crippen LogP contribution in [0.4, 0.5) is 11.4 Å². The number of benzene rings is 2. The van der Waals surface area contributed by atoms with Crippen LogP contribution in [0.2, 0.25) is 0 Å². The zero-order valence-corrected chi connectivity index (χ0v) is 16.4. The molecule has 30 heavy (non-hydrogen) atoms. The van der Waals surface area contributed by atoms with Gasteiger partial charge in [-0.25, -0.2) is 0 Å². The second kappa shape index (κ2) is 10.2. The van der Waals surface area contributed by atoms with E-state index in [0.29, 0.717) is 43.4 Å². The van der Waals surface area contributed by atoms with E-state index < -0.39 is 4.92 Å². The quantitative estimate of drug-likeness (QED) is 0.400. The minimum absolute atomic E-state index is 0.0686. The fraction of sp³-hybridized carbons (Fsp3) is 0.300. The maximum Gasteiger partial charge on any atom is 0.294 e. The van der Waals surface area contributed by atoms with Crippen LogP contribution in [0.3, 0.4) is 0 Å². The number of hydrazone groups is 1. The molecule has 10 heteroatoms. The highest BCUT2D eigenvalue weighted by Crippen LogP contribution is 2.28. The molecule has 0 radical (unpaired) electrons. The molecule has 158 valence electrons. The summed E-state index contributed by atoms with van der Waals surface area (Å²) in [6.45, 7) is 2.08. The molecular formula is C20H22N4O6.